The summed E-state index contributed by atoms with van der Waals surface area (Å²) in [5.74, 6) is 0.790. The summed E-state index contributed by atoms with van der Waals surface area (Å²) in [5.41, 5.74) is 2.34. The lowest BCUT2D eigenvalue weighted by Gasteiger charge is -2.43. The average Bonchev–Trinajstić information content (AvgIpc) is 3.12. The van der Waals surface area contributed by atoms with Gasteiger partial charge < -0.3 is 18.7 Å². The van der Waals surface area contributed by atoms with Gasteiger partial charge in [-0.05, 0) is 64.6 Å². The van der Waals surface area contributed by atoms with E-state index in [1.165, 1.54) is 15.9 Å². The van der Waals surface area contributed by atoms with Gasteiger partial charge in [0.05, 0.1) is 18.8 Å². The standard InChI is InChI=1S/C45H62O4Si/c1-36(31-38(3)33-46)21-13-9-14-22-39(4)44(47-8)32-41(48-35-40-23-15-10-16-24-40)30-29-37(2)34-49-50(45(5,6)7,42-25-17-11-18-26-42)43-27-19-12-20-28-43/h9-28,33,36-38,41,44H,29-32,34-35H2,1-8H3/b14-9+,21-13+,39-22+/t36-,37-,38-,41+,44+/m1/s1. The number of hydrogen-bond donors (Lipinski definition) is 0. The third kappa shape index (κ3) is 12.8. The highest BCUT2D eigenvalue weighted by Crippen LogP contribution is 2.37. The molecule has 0 bridgehead atoms. The Morgan fingerprint density at radius 2 is 1.34 bits per heavy atom. The first-order valence-corrected chi connectivity index (χ1v) is 20.3. The highest BCUT2D eigenvalue weighted by Gasteiger charge is 2.50. The van der Waals surface area contributed by atoms with Crippen LogP contribution in [0.3, 0.4) is 0 Å². The van der Waals surface area contributed by atoms with Crippen LogP contribution in [0.2, 0.25) is 5.04 Å². The quantitative estimate of drug-likeness (QED) is 0.0633. The molecule has 4 nitrogen and oxygen atoms in total. The Kier molecular flexibility index (Phi) is 17.3. The second kappa shape index (κ2) is 21.1. The molecule has 5 atom stereocenters. The van der Waals surface area contributed by atoms with Crippen molar-refractivity contribution in [2.45, 2.75) is 98.0 Å². The van der Waals surface area contributed by atoms with Gasteiger partial charge in [-0.3, -0.25) is 0 Å². The molecule has 0 aromatic heterocycles. The average molecular weight is 695 g/mol. The highest BCUT2D eigenvalue weighted by atomic mass is 28.4. The minimum atomic E-state index is -2.59. The second-order valence-electron chi connectivity index (χ2n) is 15.0. The van der Waals surface area contributed by atoms with Crippen molar-refractivity contribution in [3.63, 3.8) is 0 Å². The number of hydrogen-bond acceptors (Lipinski definition) is 4. The molecule has 0 fully saturated rings. The van der Waals surface area contributed by atoms with Gasteiger partial charge in [-0.1, -0.05) is 163 Å². The number of rotatable bonds is 21. The maximum atomic E-state index is 11.0. The first-order chi connectivity index (χ1) is 24.0. The predicted molar refractivity (Wildman–Crippen MR) is 213 cm³/mol. The van der Waals surface area contributed by atoms with Crippen LogP contribution in [0.25, 0.3) is 0 Å². The molecule has 0 saturated heterocycles. The van der Waals surface area contributed by atoms with Crippen LogP contribution in [0.1, 0.15) is 79.7 Å². The van der Waals surface area contributed by atoms with Crippen LogP contribution in [0.5, 0.6) is 0 Å². The maximum Gasteiger partial charge on any atom is 0.261 e. The first kappa shape index (κ1) is 41.1. The molecule has 3 rings (SSSR count). The molecule has 0 aliphatic carbocycles. The normalized spacial score (nSPS) is 16.0. The Labute approximate surface area is 304 Å². The van der Waals surface area contributed by atoms with Crippen molar-refractivity contribution in [1.82, 2.24) is 0 Å². The molecule has 0 amide bonds. The Morgan fingerprint density at radius 3 is 1.88 bits per heavy atom. The third-order valence-electron chi connectivity index (χ3n) is 9.58. The minimum absolute atomic E-state index is 0.0309. The van der Waals surface area contributed by atoms with Crippen molar-refractivity contribution in [3.8, 4) is 0 Å². The molecule has 0 spiro atoms. The van der Waals surface area contributed by atoms with Gasteiger partial charge in [0.1, 0.15) is 6.29 Å². The molecule has 3 aromatic rings. The second-order valence-corrected chi connectivity index (χ2v) is 19.3. The van der Waals surface area contributed by atoms with E-state index in [0.717, 1.165) is 37.5 Å². The summed E-state index contributed by atoms with van der Waals surface area (Å²) in [6, 6.07) is 32.2. The van der Waals surface area contributed by atoms with Crippen LogP contribution in [0, 0.1) is 17.8 Å². The summed E-state index contributed by atoms with van der Waals surface area (Å²) >= 11 is 0. The fraction of sp³-hybridized carbons (Fsp3) is 0.444. The van der Waals surface area contributed by atoms with Crippen LogP contribution >= 0.6 is 0 Å². The van der Waals surface area contributed by atoms with E-state index in [2.05, 4.69) is 157 Å². The number of carbonyl (C=O) groups excluding carboxylic acids is 1. The summed E-state index contributed by atoms with van der Waals surface area (Å²) in [6.07, 6.45) is 15.0. The Balaban J connectivity index is 1.72. The van der Waals surface area contributed by atoms with Crippen LogP contribution in [0.4, 0.5) is 0 Å². The smallest absolute Gasteiger partial charge is 0.261 e. The van der Waals surface area contributed by atoms with Crippen molar-refractivity contribution in [2.24, 2.45) is 17.8 Å². The van der Waals surface area contributed by atoms with E-state index in [1.54, 1.807) is 7.11 Å². The number of allylic oxidation sites excluding steroid dienone is 5. The minimum Gasteiger partial charge on any atom is -0.407 e. The zero-order valence-corrected chi connectivity index (χ0v) is 32.9. The number of ether oxygens (including phenoxy) is 2. The molecule has 0 N–H and O–H groups in total. The Morgan fingerprint density at radius 1 is 0.760 bits per heavy atom. The lowest BCUT2D eigenvalue weighted by molar-refractivity contribution is -0.111. The van der Waals surface area contributed by atoms with Crippen LogP contribution < -0.4 is 10.4 Å². The summed E-state index contributed by atoms with van der Waals surface area (Å²) in [4.78, 5) is 11.0. The molecule has 0 aliphatic rings. The van der Waals surface area contributed by atoms with Crippen LogP contribution in [-0.4, -0.2) is 40.5 Å². The van der Waals surface area contributed by atoms with Crippen molar-refractivity contribution in [3.05, 3.63) is 133 Å². The Bertz CT molecular complexity index is 1420. The highest BCUT2D eigenvalue weighted by molar-refractivity contribution is 6.99. The van der Waals surface area contributed by atoms with Crippen LogP contribution in [-0.2, 0) is 25.3 Å². The lowest BCUT2D eigenvalue weighted by atomic mass is 9.97. The van der Waals surface area contributed by atoms with E-state index in [-0.39, 0.29) is 23.2 Å². The molecule has 0 saturated carbocycles. The number of methoxy groups -OCH3 is 1. The summed E-state index contributed by atoms with van der Waals surface area (Å²) in [6.45, 7) is 16.8. The van der Waals surface area contributed by atoms with Gasteiger partial charge >= 0.3 is 0 Å². The van der Waals surface area contributed by atoms with E-state index in [1.807, 2.05) is 13.0 Å². The predicted octanol–water partition coefficient (Wildman–Crippen LogP) is 9.89. The summed E-state index contributed by atoms with van der Waals surface area (Å²) in [5, 5.41) is 2.57. The van der Waals surface area contributed by atoms with Crippen molar-refractivity contribution in [2.75, 3.05) is 13.7 Å². The summed E-state index contributed by atoms with van der Waals surface area (Å²) in [7, 11) is -0.805. The zero-order valence-electron chi connectivity index (χ0n) is 31.9. The third-order valence-corrected chi connectivity index (χ3v) is 14.6. The van der Waals surface area contributed by atoms with E-state index in [0.29, 0.717) is 25.0 Å². The molecule has 5 heteroatoms. The van der Waals surface area contributed by atoms with Crippen LogP contribution in [0.15, 0.2) is 127 Å². The zero-order chi connectivity index (χ0) is 36.4. The van der Waals surface area contributed by atoms with E-state index < -0.39 is 8.32 Å². The fourth-order valence-electron chi connectivity index (χ4n) is 6.70. The molecular formula is C45H62O4Si. The SMILES string of the molecule is CO[C@@H](C[C@H](CC[C@@H](C)CO[Si](c1ccccc1)(c1ccccc1)C(C)(C)C)OCc1ccccc1)/C(C)=C/C=C/C=C/[C@@H](C)C[C@@H](C)C=O. The van der Waals surface area contributed by atoms with E-state index >= 15 is 0 Å². The molecule has 3 aromatic carbocycles. The molecule has 0 aliphatic heterocycles. The molecule has 0 heterocycles. The molecule has 0 radical (unpaired) electrons. The van der Waals surface area contributed by atoms with Gasteiger partial charge in [-0.2, -0.15) is 0 Å². The van der Waals surface area contributed by atoms with Crippen molar-refractivity contribution >= 4 is 25.0 Å². The van der Waals surface area contributed by atoms with Gasteiger partial charge in [0, 0.05) is 26.1 Å². The van der Waals surface area contributed by atoms with Crippen molar-refractivity contribution < 1.29 is 18.7 Å². The molecule has 50 heavy (non-hydrogen) atoms. The first-order valence-electron chi connectivity index (χ1n) is 18.4. The number of carbonyl (C=O) groups is 1. The van der Waals surface area contributed by atoms with Gasteiger partial charge in [-0.15, -0.1) is 0 Å². The van der Waals surface area contributed by atoms with E-state index in [4.69, 9.17) is 13.9 Å². The molecular weight excluding hydrogens is 633 g/mol. The van der Waals surface area contributed by atoms with Gasteiger partial charge in [-0.25, -0.2) is 0 Å². The van der Waals surface area contributed by atoms with Gasteiger partial charge in [0.15, 0.2) is 0 Å². The fourth-order valence-corrected chi connectivity index (χ4v) is 11.4. The van der Waals surface area contributed by atoms with E-state index in [9.17, 15) is 4.79 Å². The maximum absolute atomic E-state index is 11.0. The largest absolute Gasteiger partial charge is 0.407 e. The van der Waals surface area contributed by atoms with Gasteiger partial charge in [0.25, 0.3) is 8.32 Å². The molecule has 0 unspecified atom stereocenters. The van der Waals surface area contributed by atoms with Crippen molar-refractivity contribution in [1.29, 1.82) is 0 Å². The lowest BCUT2D eigenvalue weighted by Crippen LogP contribution is -2.66. The Hall–Kier alpha value is -3.35. The van der Waals surface area contributed by atoms with Gasteiger partial charge in [0.2, 0.25) is 0 Å². The monoisotopic (exact) mass is 694 g/mol. The topological polar surface area (TPSA) is 44.8 Å². The molecule has 270 valence electrons. The number of benzene rings is 3. The summed E-state index contributed by atoms with van der Waals surface area (Å²) < 4.78 is 19.9. The number of aldehydes is 1.